The van der Waals surface area contributed by atoms with E-state index in [-0.39, 0.29) is 11.7 Å². The number of hydrogen-bond acceptors (Lipinski definition) is 2. The second kappa shape index (κ2) is 3.33. The van der Waals surface area contributed by atoms with Gasteiger partial charge < -0.3 is 10.0 Å². The molecule has 1 aliphatic rings. The summed E-state index contributed by atoms with van der Waals surface area (Å²) in [5.41, 5.74) is 1.03. The van der Waals surface area contributed by atoms with Gasteiger partial charge in [-0.15, -0.1) is 0 Å². The first-order valence-electron chi connectivity index (χ1n) is 4.30. The van der Waals surface area contributed by atoms with Gasteiger partial charge in [0, 0.05) is 10.8 Å². The molecule has 2 nitrogen and oxygen atoms in total. The van der Waals surface area contributed by atoms with Gasteiger partial charge in [-0.05, 0) is 24.0 Å². The summed E-state index contributed by atoms with van der Waals surface area (Å²) in [7, 11) is -1.21. The average molecular weight is 196 g/mol. The van der Waals surface area contributed by atoms with Gasteiger partial charge in [-0.3, -0.25) is 0 Å². The zero-order valence-electron chi connectivity index (χ0n) is 7.02. The average Bonchev–Trinajstić information content (AvgIpc) is 2.84. The molecule has 1 saturated carbocycles. The lowest BCUT2D eigenvalue weighted by atomic mass is 9.81. The summed E-state index contributed by atoms with van der Waals surface area (Å²) in [5, 5.41) is 18.6. The molecule has 2 unspecified atom stereocenters. The first kappa shape index (κ1) is 9.07. The molecule has 0 spiro atoms. The van der Waals surface area contributed by atoms with Gasteiger partial charge in [0.25, 0.3) is 0 Å². The largest absolute Gasteiger partial charge is 0.455 e. The van der Waals surface area contributed by atoms with Crippen molar-refractivity contribution < 1.29 is 10.0 Å². The molecule has 0 heterocycles. The Bertz CT molecular complexity index is 316. The maximum absolute atomic E-state index is 8.93. The van der Waals surface area contributed by atoms with Gasteiger partial charge in [0.05, 0.1) is 0 Å². The monoisotopic (exact) mass is 196 g/mol. The summed E-state index contributed by atoms with van der Waals surface area (Å²) >= 11 is 5.97. The third kappa shape index (κ3) is 1.73. The zero-order chi connectivity index (χ0) is 9.42. The first-order chi connectivity index (χ1) is 6.20. The number of halogens is 1. The van der Waals surface area contributed by atoms with Crippen LogP contribution >= 0.6 is 11.6 Å². The molecule has 1 aromatic rings. The summed E-state index contributed by atoms with van der Waals surface area (Å²) < 4.78 is 0. The molecule has 1 aromatic carbocycles. The summed E-state index contributed by atoms with van der Waals surface area (Å²) in [6.07, 6.45) is 0.821. The van der Waals surface area contributed by atoms with E-state index in [9.17, 15) is 0 Å². The highest BCUT2D eigenvalue weighted by Crippen LogP contribution is 2.55. The molecule has 0 aliphatic heterocycles. The Morgan fingerprint density at radius 1 is 1.31 bits per heavy atom. The highest BCUT2D eigenvalue weighted by molar-refractivity contribution is 6.45. The Balaban J connectivity index is 2.16. The third-order valence-corrected chi connectivity index (χ3v) is 2.87. The molecule has 1 fully saturated rings. The standard InChI is InChI=1S/C9H10BClO2/c11-9-4-2-1-3-6(9)7-5-8(7)10(12)13/h1-4,7-8,12-13H,5H2. The van der Waals surface area contributed by atoms with Gasteiger partial charge in [0.1, 0.15) is 0 Å². The Hall–Kier alpha value is -0.505. The first-order valence-corrected chi connectivity index (χ1v) is 4.68. The molecule has 1 aliphatic carbocycles. The van der Waals surface area contributed by atoms with Crippen molar-refractivity contribution in [1.82, 2.24) is 0 Å². The van der Waals surface area contributed by atoms with E-state index in [0.29, 0.717) is 0 Å². The van der Waals surface area contributed by atoms with Crippen LogP contribution in [0.3, 0.4) is 0 Å². The minimum absolute atomic E-state index is 0.0279. The van der Waals surface area contributed by atoms with Crippen LogP contribution < -0.4 is 0 Å². The fraction of sp³-hybridized carbons (Fsp3) is 0.333. The Kier molecular flexibility index (Phi) is 2.32. The number of benzene rings is 1. The van der Waals surface area contributed by atoms with Crippen LogP contribution in [0.2, 0.25) is 10.8 Å². The Morgan fingerprint density at radius 3 is 2.54 bits per heavy atom. The predicted octanol–water partition coefficient (Wildman–Crippen LogP) is 1.67. The van der Waals surface area contributed by atoms with Crippen molar-refractivity contribution in [2.45, 2.75) is 18.2 Å². The van der Waals surface area contributed by atoms with E-state index in [2.05, 4.69) is 0 Å². The van der Waals surface area contributed by atoms with Crippen molar-refractivity contribution in [2.24, 2.45) is 0 Å². The smallest absolute Gasteiger partial charge is 0.427 e. The van der Waals surface area contributed by atoms with Crippen molar-refractivity contribution in [3.05, 3.63) is 34.9 Å². The maximum atomic E-state index is 8.93. The molecular weight excluding hydrogens is 186 g/mol. The maximum Gasteiger partial charge on any atom is 0.455 e. The lowest BCUT2D eigenvalue weighted by molar-refractivity contribution is 0.402. The number of hydrogen-bond donors (Lipinski definition) is 2. The van der Waals surface area contributed by atoms with Crippen LogP contribution in [0, 0.1) is 0 Å². The molecule has 13 heavy (non-hydrogen) atoms. The third-order valence-electron chi connectivity index (χ3n) is 2.53. The summed E-state index contributed by atoms with van der Waals surface area (Å²) in [6.45, 7) is 0. The second-order valence-electron chi connectivity index (χ2n) is 3.44. The Morgan fingerprint density at radius 2 is 2.00 bits per heavy atom. The summed E-state index contributed by atoms with van der Waals surface area (Å²) in [4.78, 5) is 0. The molecule has 0 radical (unpaired) electrons. The van der Waals surface area contributed by atoms with Gasteiger partial charge in [-0.2, -0.15) is 0 Å². The molecule has 0 amide bonds. The van der Waals surface area contributed by atoms with Gasteiger partial charge in [-0.25, -0.2) is 0 Å². The van der Waals surface area contributed by atoms with Crippen LogP contribution in [0.25, 0.3) is 0 Å². The quantitative estimate of drug-likeness (QED) is 0.707. The van der Waals surface area contributed by atoms with Crippen LogP contribution in [-0.4, -0.2) is 17.2 Å². The molecule has 0 saturated heterocycles. The summed E-state index contributed by atoms with van der Waals surface area (Å²) in [6, 6.07) is 7.56. The summed E-state index contributed by atoms with van der Waals surface area (Å²) in [5.74, 6) is 0.202. The van der Waals surface area contributed by atoms with E-state index in [1.165, 1.54) is 0 Å². The van der Waals surface area contributed by atoms with Crippen LogP contribution in [-0.2, 0) is 0 Å². The molecule has 0 aromatic heterocycles. The zero-order valence-corrected chi connectivity index (χ0v) is 7.78. The molecular formula is C9H10BClO2. The van der Waals surface area contributed by atoms with Crippen molar-refractivity contribution in [3.8, 4) is 0 Å². The van der Waals surface area contributed by atoms with Crippen molar-refractivity contribution >= 4 is 18.7 Å². The molecule has 2 rings (SSSR count). The minimum Gasteiger partial charge on any atom is -0.427 e. The van der Waals surface area contributed by atoms with E-state index in [4.69, 9.17) is 21.6 Å². The van der Waals surface area contributed by atoms with Crippen LogP contribution in [0.5, 0.6) is 0 Å². The van der Waals surface area contributed by atoms with Gasteiger partial charge >= 0.3 is 7.12 Å². The van der Waals surface area contributed by atoms with Crippen molar-refractivity contribution in [3.63, 3.8) is 0 Å². The van der Waals surface area contributed by atoms with E-state index in [1.54, 1.807) is 0 Å². The van der Waals surface area contributed by atoms with E-state index in [0.717, 1.165) is 17.0 Å². The fourth-order valence-electron chi connectivity index (χ4n) is 1.68. The van der Waals surface area contributed by atoms with Crippen LogP contribution in [0.4, 0.5) is 0 Å². The minimum atomic E-state index is -1.21. The lowest BCUT2D eigenvalue weighted by Crippen LogP contribution is -2.11. The highest BCUT2D eigenvalue weighted by Gasteiger charge is 2.46. The Labute approximate surface area is 82.3 Å². The fourth-order valence-corrected chi connectivity index (χ4v) is 1.95. The van der Waals surface area contributed by atoms with Crippen LogP contribution in [0.15, 0.2) is 24.3 Å². The van der Waals surface area contributed by atoms with E-state index >= 15 is 0 Å². The molecule has 2 atom stereocenters. The van der Waals surface area contributed by atoms with Crippen molar-refractivity contribution in [2.75, 3.05) is 0 Å². The predicted molar refractivity (Wildman–Crippen MR) is 52.8 cm³/mol. The van der Waals surface area contributed by atoms with Gasteiger partial charge in [-0.1, -0.05) is 29.8 Å². The topological polar surface area (TPSA) is 40.5 Å². The van der Waals surface area contributed by atoms with E-state index < -0.39 is 7.12 Å². The van der Waals surface area contributed by atoms with Gasteiger partial charge in [0.2, 0.25) is 0 Å². The second-order valence-corrected chi connectivity index (χ2v) is 3.85. The van der Waals surface area contributed by atoms with Crippen molar-refractivity contribution in [1.29, 1.82) is 0 Å². The lowest BCUT2D eigenvalue weighted by Gasteiger charge is -2.01. The SMILES string of the molecule is OB(O)C1CC1c1ccccc1Cl. The normalized spacial score (nSPS) is 25.8. The highest BCUT2D eigenvalue weighted by atomic mass is 35.5. The van der Waals surface area contributed by atoms with E-state index in [1.807, 2.05) is 24.3 Å². The molecule has 2 N–H and O–H groups in total. The molecule has 4 heteroatoms. The van der Waals surface area contributed by atoms with Gasteiger partial charge in [0.15, 0.2) is 0 Å². The number of rotatable bonds is 2. The van der Waals surface area contributed by atoms with Crippen LogP contribution in [0.1, 0.15) is 17.9 Å². The molecule has 68 valence electrons. The molecule has 0 bridgehead atoms.